The monoisotopic (exact) mass is 922 g/mol. The third kappa shape index (κ3) is 18.1. The van der Waals surface area contributed by atoms with Crippen LogP contribution < -0.4 is 27.8 Å². The maximum absolute atomic E-state index is 13.0. The number of aliphatic imine (C=N–C) groups is 1. The maximum Gasteiger partial charge on any atom is 0.292 e. The number of ether oxygens (including phenoxy) is 8. The minimum atomic E-state index is -0.101. The van der Waals surface area contributed by atoms with E-state index in [0.717, 1.165) is 23.1 Å². The van der Waals surface area contributed by atoms with Gasteiger partial charge in [0.1, 0.15) is 23.5 Å². The van der Waals surface area contributed by atoms with Crippen molar-refractivity contribution in [3.05, 3.63) is 70.5 Å². The molecule has 2 amide bonds. The number of hydrogen-bond donors (Lipinski definition) is 5. The highest BCUT2D eigenvalue weighted by Gasteiger charge is 2.22. The van der Waals surface area contributed by atoms with Crippen molar-refractivity contribution in [1.82, 2.24) is 25.2 Å². The number of nitrogens with two attached hydrogens (primary N) is 3. The Morgan fingerprint density at radius 3 is 2.02 bits per heavy atom. The second-order valence-corrected chi connectivity index (χ2v) is 14.8. The number of amides is 2. The average molecular weight is 923 g/mol. The molecule has 8 N–H and O–H groups in total. The summed E-state index contributed by atoms with van der Waals surface area (Å²) >= 11 is 0. The fourth-order valence-corrected chi connectivity index (χ4v) is 6.80. The fourth-order valence-electron chi connectivity index (χ4n) is 6.80. The van der Waals surface area contributed by atoms with E-state index in [1.54, 1.807) is 13.1 Å². The van der Waals surface area contributed by atoms with Crippen molar-refractivity contribution in [3.8, 4) is 0 Å². The van der Waals surface area contributed by atoms with Gasteiger partial charge in [-0.15, -0.1) is 0 Å². The van der Waals surface area contributed by atoms with Gasteiger partial charge in [0.05, 0.1) is 123 Å². The number of nitrogen functional groups attached to an aromatic ring is 2. The van der Waals surface area contributed by atoms with Crippen LogP contribution in [0, 0.1) is 0 Å². The SMILES string of the molecule is CN=C(c1ccc2oc(N)nc2c1)c1c(N)ncnc1NCc1ccc2c(c1)CCN(C(=O)CCOCCOCCOCCOCCNC(=O)CCOCCOCCOCCOCCN)C2. The Morgan fingerprint density at radius 1 is 0.742 bits per heavy atom. The van der Waals surface area contributed by atoms with Crippen LogP contribution in [0.3, 0.4) is 0 Å². The van der Waals surface area contributed by atoms with Crippen molar-refractivity contribution in [2.45, 2.75) is 32.4 Å². The fraction of sp³-hybridized carbons (Fsp3) is 0.556. The van der Waals surface area contributed by atoms with E-state index in [1.807, 2.05) is 17.0 Å². The Hall–Kier alpha value is -5.36. The number of fused-ring (bicyclic) bond motifs is 2. The lowest BCUT2D eigenvalue weighted by Crippen LogP contribution is -2.36. The third-order valence-electron chi connectivity index (χ3n) is 10.1. The molecule has 0 aliphatic carbocycles. The molecule has 0 spiro atoms. The zero-order valence-electron chi connectivity index (χ0n) is 38.0. The normalized spacial score (nSPS) is 12.8. The quantitative estimate of drug-likeness (QED) is 0.0330. The molecule has 2 aromatic carbocycles. The Bertz CT molecular complexity index is 2090. The first kappa shape index (κ1) is 51.6. The number of carbonyl (C=O) groups excluding carboxylic acids is 2. The molecule has 0 fully saturated rings. The van der Waals surface area contributed by atoms with Crippen LogP contribution in [0.15, 0.2) is 52.1 Å². The summed E-state index contributed by atoms with van der Waals surface area (Å²) in [6, 6.07) is 11.9. The van der Waals surface area contributed by atoms with Gasteiger partial charge >= 0.3 is 0 Å². The van der Waals surface area contributed by atoms with Crippen LogP contribution in [0.2, 0.25) is 0 Å². The maximum atomic E-state index is 13.0. The highest BCUT2D eigenvalue weighted by Crippen LogP contribution is 2.27. The van der Waals surface area contributed by atoms with E-state index in [1.165, 1.54) is 11.9 Å². The van der Waals surface area contributed by atoms with Crippen molar-refractivity contribution in [2.24, 2.45) is 10.7 Å². The smallest absolute Gasteiger partial charge is 0.292 e. The van der Waals surface area contributed by atoms with Crippen LogP contribution in [-0.4, -0.2) is 170 Å². The Labute approximate surface area is 385 Å². The van der Waals surface area contributed by atoms with Gasteiger partial charge in [0.15, 0.2) is 5.58 Å². The van der Waals surface area contributed by atoms with Gasteiger partial charge in [-0.1, -0.05) is 18.2 Å². The molecule has 0 atom stereocenters. The molecule has 5 rings (SSSR count). The van der Waals surface area contributed by atoms with Crippen LogP contribution in [0.1, 0.15) is 40.7 Å². The first-order valence-corrected chi connectivity index (χ1v) is 22.3. The highest BCUT2D eigenvalue weighted by molar-refractivity contribution is 6.18. The molecular formula is C45H66N10O11. The number of aromatic nitrogens is 3. The summed E-state index contributed by atoms with van der Waals surface area (Å²) in [5.74, 6) is 0.795. The standard InChI is InChI=1S/C45H66N10O11/c1-49-42(35-4-5-38-37(29-35)54-45(48)66-38)41-43(47)52-32-53-44(41)51-30-33-2-3-36-31-55(11-6-34(36)28-33)40(57)8-13-59-17-21-63-25-27-65-23-19-61-15-10-50-39(56)7-12-58-16-20-62-24-26-64-22-18-60-14-9-46/h2-5,28-29,32H,6-27,30-31,46H2,1H3,(H2,48,54)(H,50,56)(H3,47,51,52,53). The van der Waals surface area contributed by atoms with Gasteiger partial charge in [0.25, 0.3) is 6.01 Å². The van der Waals surface area contributed by atoms with Crippen molar-refractivity contribution in [2.75, 3.05) is 149 Å². The van der Waals surface area contributed by atoms with E-state index in [-0.39, 0.29) is 30.1 Å². The van der Waals surface area contributed by atoms with Gasteiger partial charge in [-0.2, -0.15) is 4.98 Å². The zero-order valence-corrected chi connectivity index (χ0v) is 38.0. The third-order valence-corrected chi connectivity index (χ3v) is 10.1. The van der Waals surface area contributed by atoms with Crippen molar-refractivity contribution in [1.29, 1.82) is 0 Å². The molecule has 0 radical (unpaired) electrons. The molecule has 21 nitrogen and oxygen atoms in total. The molecule has 0 unspecified atom stereocenters. The molecular weight excluding hydrogens is 857 g/mol. The molecule has 4 aromatic rings. The van der Waals surface area contributed by atoms with Gasteiger partial charge < -0.3 is 75.0 Å². The van der Waals surface area contributed by atoms with Gasteiger partial charge in [-0.05, 0) is 41.3 Å². The molecule has 21 heteroatoms. The number of anilines is 3. The summed E-state index contributed by atoms with van der Waals surface area (Å²) in [6.45, 7) is 9.41. The number of oxazole rings is 1. The van der Waals surface area contributed by atoms with Gasteiger partial charge in [-0.3, -0.25) is 14.6 Å². The van der Waals surface area contributed by atoms with E-state index >= 15 is 0 Å². The Kier molecular flexibility index (Phi) is 23.5. The lowest BCUT2D eigenvalue weighted by Gasteiger charge is -2.29. The minimum absolute atomic E-state index is 0.0569. The van der Waals surface area contributed by atoms with Crippen LogP contribution in [0.5, 0.6) is 0 Å². The largest absolute Gasteiger partial charge is 0.424 e. The molecule has 66 heavy (non-hydrogen) atoms. The number of nitrogens with one attached hydrogen (secondary N) is 2. The van der Waals surface area contributed by atoms with Crippen LogP contribution in [0.4, 0.5) is 17.7 Å². The van der Waals surface area contributed by atoms with Gasteiger partial charge in [0, 0.05) is 51.8 Å². The van der Waals surface area contributed by atoms with Gasteiger partial charge in [0.2, 0.25) is 11.8 Å². The van der Waals surface area contributed by atoms with Crippen molar-refractivity contribution >= 4 is 46.3 Å². The summed E-state index contributed by atoms with van der Waals surface area (Å²) in [6.07, 6.45) is 2.74. The number of rotatable bonds is 34. The molecule has 362 valence electrons. The van der Waals surface area contributed by atoms with E-state index < -0.39 is 0 Å². The number of nitrogens with zero attached hydrogens (tertiary/aromatic N) is 5. The number of benzene rings is 2. The molecule has 1 aliphatic heterocycles. The Morgan fingerprint density at radius 2 is 1.36 bits per heavy atom. The zero-order chi connectivity index (χ0) is 46.6. The predicted molar refractivity (Wildman–Crippen MR) is 247 cm³/mol. The van der Waals surface area contributed by atoms with E-state index in [2.05, 4.69) is 48.8 Å². The summed E-state index contributed by atoms with van der Waals surface area (Å²) in [4.78, 5) is 44.3. The van der Waals surface area contributed by atoms with Crippen molar-refractivity contribution < 1.29 is 51.9 Å². The summed E-state index contributed by atoms with van der Waals surface area (Å²) in [5.41, 5.74) is 24.0. The highest BCUT2D eigenvalue weighted by atomic mass is 16.6. The first-order valence-electron chi connectivity index (χ1n) is 22.3. The number of carbonyl (C=O) groups is 2. The van der Waals surface area contributed by atoms with E-state index in [0.29, 0.717) is 173 Å². The molecule has 1 aliphatic rings. The van der Waals surface area contributed by atoms with E-state index in [4.69, 9.17) is 59.5 Å². The van der Waals surface area contributed by atoms with Crippen LogP contribution in [0.25, 0.3) is 11.1 Å². The van der Waals surface area contributed by atoms with Crippen molar-refractivity contribution in [3.63, 3.8) is 0 Å². The summed E-state index contributed by atoms with van der Waals surface area (Å²) in [7, 11) is 1.69. The predicted octanol–water partition coefficient (Wildman–Crippen LogP) is 1.73. The minimum Gasteiger partial charge on any atom is -0.424 e. The second kappa shape index (κ2) is 30.0. The molecule has 0 saturated carbocycles. The Balaban J connectivity index is 0.838. The van der Waals surface area contributed by atoms with Crippen LogP contribution in [-0.2, 0) is 67.0 Å². The summed E-state index contributed by atoms with van der Waals surface area (Å²) < 4.78 is 49.1. The van der Waals surface area contributed by atoms with Crippen LogP contribution >= 0.6 is 0 Å². The topological polar surface area (TPSA) is 278 Å². The first-order chi connectivity index (χ1) is 32.4. The summed E-state index contributed by atoms with van der Waals surface area (Å²) in [5, 5.41) is 6.22. The molecule has 2 aromatic heterocycles. The molecule has 0 bridgehead atoms. The van der Waals surface area contributed by atoms with E-state index in [9.17, 15) is 9.59 Å². The second-order valence-electron chi connectivity index (χ2n) is 14.8. The lowest BCUT2D eigenvalue weighted by atomic mass is 9.97. The lowest BCUT2D eigenvalue weighted by molar-refractivity contribution is -0.133. The van der Waals surface area contributed by atoms with Gasteiger partial charge in [-0.25, -0.2) is 9.97 Å². The molecule has 0 saturated heterocycles. The number of hydrogen-bond acceptors (Lipinski definition) is 19. The average Bonchev–Trinajstić information content (AvgIpc) is 3.71. The molecule has 3 heterocycles.